The van der Waals surface area contributed by atoms with Crippen molar-refractivity contribution in [2.45, 2.75) is 12.6 Å². The number of hydrogen-bond acceptors (Lipinski definition) is 5. The van der Waals surface area contributed by atoms with E-state index in [2.05, 4.69) is 16.2 Å². The van der Waals surface area contributed by atoms with Gasteiger partial charge >= 0.3 is 0 Å². The van der Waals surface area contributed by atoms with Crippen LogP contribution in [0, 0.1) is 5.92 Å². The first kappa shape index (κ1) is 17.3. The molecular formula is C19H23N3O3. The third-order valence-corrected chi connectivity index (χ3v) is 4.42. The van der Waals surface area contributed by atoms with Gasteiger partial charge in [0.05, 0.1) is 26.2 Å². The summed E-state index contributed by atoms with van der Waals surface area (Å²) < 4.78 is 10.6. The number of hydrazine groups is 1. The fraction of sp³-hybridized carbons (Fsp3) is 0.316. The van der Waals surface area contributed by atoms with Crippen LogP contribution in [0.3, 0.4) is 0 Å². The molecule has 1 fully saturated rings. The Kier molecular flexibility index (Phi) is 5.53. The van der Waals surface area contributed by atoms with Crippen molar-refractivity contribution in [3.63, 3.8) is 0 Å². The van der Waals surface area contributed by atoms with E-state index in [4.69, 9.17) is 9.47 Å². The van der Waals surface area contributed by atoms with Crippen molar-refractivity contribution in [3.8, 4) is 11.5 Å². The van der Waals surface area contributed by atoms with Crippen molar-refractivity contribution in [3.05, 3.63) is 59.7 Å². The van der Waals surface area contributed by atoms with Crippen LogP contribution in [0.25, 0.3) is 0 Å². The normalized spacial score (nSPS) is 19.4. The first-order chi connectivity index (χ1) is 12.2. The van der Waals surface area contributed by atoms with E-state index in [1.807, 2.05) is 48.5 Å². The smallest absolute Gasteiger partial charge is 0.226 e. The van der Waals surface area contributed by atoms with Crippen molar-refractivity contribution in [2.24, 2.45) is 5.92 Å². The zero-order valence-electron chi connectivity index (χ0n) is 14.4. The predicted octanol–water partition coefficient (Wildman–Crippen LogP) is 1.79. The third kappa shape index (κ3) is 3.92. The van der Waals surface area contributed by atoms with Crippen molar-refractivity contribution < 1.29 is 14.3 Å². The quantitative estimate of drug-likeness (QED) is 0.747. The van der Waals surface area contributed by atoms with Crippen LogP contribution in [0.2, 0.25) is 0 Å². The van der Waals surface area contributed by atoms with Gasteiger partial charge < -0.3 is 14.8 Å². The summed E-state index contributed by atoms with van der Waals surface area (Å²) in [5.41, 5.74) is 8.27. The maximum atomic E-state index is 12.7. The van der Waals surface area contributed by atoms with Gasteiger partial charge in [0.1, 0.15) is 11.5 Å². The van der Waals surface area contributed by atoms with Crippen molar-refractivity contribution >= 4 is 5.91 Å². The highest BCUT2D eigenvalue weighted by atomic mass is 16.5. The number of amides is 1. The molecule has 3 rings (SSSR count). The molecule has 1 aliphatic heterocycles. The van der Waals surface area contributed by atoms with Gasteiger partial charge in [0.15, 0.2) is 0 Å². The molecule has 0 spiro atoms. The zero-order chi connectivity index (χ0) is 17.6. The van der Waals surface area contributed by atoms with Gasteiger partial charge in [0.25, 0.3) is 0 Å². The minimum absolute atomic E-state index is 0.00391. The summed E-state index contributed by atoms with van der Waals surface area (Å²) in [6.07, 6.45) is 0. The first-order valence-corrected chi connectivity index (χ1v) is 8.25. The molecule has 1 aliphatic rings. The predicted molar refractivity (Wildman–Crippen MR) is 95.2 cm³/mol. The highest BCUT2D eigenvalue weighted by Crippen LogP contribution is 2.26. The molecule has 0 radical (unpaired) electrons. The lowest BCUT2D eigenvalue weighted by molar-refractivity contribution is -0.125. The van der Waals surface area contributed by atoms with Crippen LogP contribution in [0.15, 0.2) is 48.5 Å². The Hall–Kier alpha value is -2.57. The van der Waals surface area contributed by atoms with Crippen LogP contribution in [0.4, 0.5) is 0 Å². The molecule has 2 atom stereocenters. The maximum absolute atomic E-state index is 12.7. The molecule has 6 heteroatoms. The van der Waals surface area contributed by atoms with Gasteiger partial charge in [0, 0.05) is 24.7 Å². The minimum atomic E-state index is -0.174. The summed E-state index contributed by atoms with van der Waals surface area (Å²) in [5.74, 6) is 1.25. The zero-order valence-corrected chi connectivity index (χ0v) is 14.4. The molecule has 0 aromatic heterocycles. The molecule has 2 unspecified atom stereocenters. The van der Waals surface area contributed by atoms with E-state index in [1.54, 1.807) is 14.2 Å². The van der Waals surface area contributed by atoms with Gasteiger partial charge in [-0.15, -0.1) is 0 Å². The summed E-state index contributed by atoms with van der Waals surface area (Å²) in [5, 5.41) is 3.01. The summed E-state index contributed by atoms with van der Waals surface area (Å²) in [7, 11) is 3.22. The Morgan fingerprint density at radius 2 is 1.96 bits per heavy atom. The van der Waals surface area contributed by atoms with Gasteiger partial charge in [-0.2, -0.15) is 0 Å². The SMILES string of the molecule is COc1ccc(CNC(=O)C2CNNC2c2ccccc2)c(OC)c1. The molecule has 0 aliphatic carbocycles. The van der Waals surface area contributed by atoms with Crippen LogP contribution in [-0.2, 0) is 11.3 Å². The molecule has 25 heavy (non-hydrogen) atoms. The number of carbonyl (C=O) groups excluding carboxylic acids is 1. The molecule has 3 N–H and O–H groups in total. The van der Waals surface area contributed by atoms with Gasteiger partial charge in [-0.05, 0) is 17.7 Å². The first-order valence-electron chi connectivity index (χ1n) is 8.25. The van der Waals surface area contributed by atoms with Crippen LogP contribution in [-0.4, -0.2) is 26.7 Å². The lowest BCUT2D eigenvalue weighted by Crippen LogP contribution is -2.34. The average molecular weight is 341 g/mol. The van der Waals surface area contributed by atoms with Crippen molar-refractivity contribution in [2.75, 3.05) is 20.8 Å². The fourth-order valence-corrected chi connectivity index (χ4v) is 3.03. The highest BCUT2D eigenvalue weighted by molar-refractivity contribution is 5.80. The second kappa shape index (κ2) is 8.00. The lowest BCUT2D eigenvalue weighted by atomic mass is 9.94. The van der Waals surface area contributed by atoms with E-state index in [-0.39, 0.29) is 17.9 Å². The van der Waals surface area contributed by atoms with E-state index in [0.29, 0.717) is 18.8 Å². The summed E-state index contributed by atoms with van der Waals surface area (Å²) in [6.45, 7) is 0.995. The summed E-state index contributed by atoms with van der Waals surface area (Å²) in [4.78, 5) is 12.7. The molecule has 0 saturated carbocycles. The molecule has 2 aromatic carbocycles. The van der Waals surface area contributed by atoms with E-state index >= 15 is 0 Å². The molecule has 2 aromatic rings. The topological polar surface area (TPSA) is 71.6 Å². The molecule has 1 heterocycles. The Balaban J connectivity index is 1.66. The number of carbonyl (C=O) groups is 1. The number of methoxy groups -OCH3 is 2. The average Bonchev–Trinajstić information content (AvgIpc) is 3.16. The van der Waals surface area contributed by atoms with Gasteiger partial charge in [-0.1, -0.05) is 30.3 Å². The summed E-state index contributed by atoms with van der Waals surface area (Å²) in [6, 6.07) is 15.5. The van der Waals surface area contributed by atoms with E-state index in [9.17, 15) is 4.79 Å². The maximum Gasteiger partial charge on any atom is 0.226 e. The van der Waals surface area contributed by atoms with E-state index in [1.165, 1.54) is 0 Å². The molecule has 0 bridgehead atoms. The largest absolute Gasteiger partial charge is 0.497 e. The molecule has 1 saturated heterocycles. The number of nitrogens with one attached hydrogen (secondary N) is 3. The van der Waals surface area contributed by atoms with E-state index < -0.39 is 0 Å². The van der Waals surface area contributed by atoms with Gasteiger partial charge in [-0.3, -0.25) is 10.2 Å². The number of benzene rings is 2. The second-order valence-corrected chi connectivity index (χ2v) is 5.92. The van der Waals surface area contributed by atoms with Crippen molar-refractivity contribution in [1.82, 2.24) is 16.2 Å². The second-order valence-electron chi connectivity index (χ2n) is 5.92. The molecule has 1 amide bonds. The van der Waals surface area contributed by atoms with Crippen LogP contribution < -0.4 is 25.6 Å². The van der Waals surface area contributed by atoms with Crippen molar-refractivity contribution in [1.29, 1.82) is 0 Å². The Bertz CT molecular complexity index is 721. The van der Waals surface area contributed by atoms with E-state index in [0.717, 1.165) is 16.9 Å². The Morgan fingerprint density at radius 3 is 2.68 bits per heavy atom. The molecule has 6 nitrogen and oxygen atoms in total. The third-order valence-electron chi connectivity index (χ3n) is 4.42. The fourth-order valence-electron chi connectivity index (χ4n) is 3.03. The van der Waals surface area contributed by atoms with Crippen LogP contribution in [0.5, 0.6) is 11.5 Å². The Morgan fingerprint density at radius 1 is 1.16 bits per heavy atom. The lowest BCUT2D eigenvalue weighted by Gasteiger charge is -2.19. The van der Waals surface area contributed by atoms with Gasteiger partial charge in [0.2, 0.25) is 5.91 Å². The van der Waals surface area contributed by atoms with Crippen LogP contribution >= 0.6 is 0 Å². The molecular weight excluding hydrogens is 318 g/mol. The number of ether oxygens (including phenoxy) is 2. The summed E-state index contributed by atoms with van der Waals surface area (Å²) >= 11 is 0. The highest BCUT2D eigenvalue weighted by Gasteiger charge is 2.33. The molecule has 132 valence electrons. The van der Waals surface area contributed by atoms with Gasteiger partial charge in [-0.25, -0.2) is 5.43 Å². The monoisotopic (exact) mass is 341 g/mol. The number of hydrogen-bond donors (Lipinski definition) is 3. The standard InChI is InChI=1S/C19H23N3O3/c1-24-15-9-8-14(17(10-15)25-2)11-20-19(23)16-12-21-22-18(16)13-6-4-3-5-7-13/h3-10,16,18,21-22H,11-12H2,1-2H3,(H,20,23). The number of rotatable bonds is 6. The van der Waals surface area contributed by atoms with Crippen LogP contribution in [0.1, 0.15) is 17.2 Å². The Labute approximate surface area is 147 Å². The minimum Gasteiger partial charge on any atom is -0.497 e.